The van der Waals surface area contributed by atoms with Gasteiger partial charge in [0.15, 0.2) is 0 Å². The predicted molar refractivity (Wildman–Crippen MR) is 131 cm³/mol. The zero-order chi connectivity index (χ0) is 23.2. The first-order valence-electron chi connectivity index (χ1n) is 13.9. The molecule has 4 nitrogen and oxygen atoms in total. The summed E-state index contributed by atoms with van der Waals surface area (Å²) in [5.74, 6) is 5.82. The van der Waals surface area contributed by atoms with Gasteiger partial charge in [-0.3, -0.25) is 4.68 Å². The van der Waals surface area contributed by atoms with Crippen molar-refractivity contribution in [2.75, 3.05) is 13.2 Å². The van der Waals surface area contributed by atoms with Crippen LogP contribution in [0.3, 0.4) is 0 Å². The largest absolute Gasteiger partial charge is 0.381 e. The summed E-state index contributed by atoms with van der Waals surface area (Å²) in [7, 11) is 0. The maximum Gasteiger partial charge on any atom is 0.138 e. The summed E-state index contributed by atoms with van der Waals surface area (Å²) >= 11 is 0. The number of hydrogen-bond acceptors (Lipinski definition) is 3. The maximum atomic E-state index is 9.41. The number of aromatic nitrogens is 2. The lowest BCUT2D eigenvalue weighted by Gasteiger charge is -2.61. The van der Waals surface area contributed by atoms with Crippen LogP contribution in [0.2, 0.25) is 0 Å². The van der Waals surface area contributed by atoms with Gasteiger partial charge >= 0.3 is 0 Å². The molecule has 4 aliphatic rings. The number of fused-ring (bicyclic) bond motifs is 5. The van der Waals surface area contributed by atoms with Crippen LogP contribution < -0.4 is 0 Å². The molecule has 0 N–H and O–H groups in total. The van der Waals surface area contributed by atoms with Gasteiger partial charge in [-0.25, -0.2) is 0 Å². The minimum Gasteiger partial charge on any atom is -0.381 e. The Labute approximate surface area is 201 Å². The van der Waals surface area contributed by atoms with Gasteiger partial charge < -0.3 is 4.74 Å². The van der Waals surface area contributed by atoms with Crippen molar-refractivity contribution in [3.05, 3.63) is 18.0 Å². The first-order valence-corrected chi connectivity index (χ1v) is 13.9. The highest BCUT2D eigenvalue weighted by atomic mass is 16.5. The molecule has 4 aliphatic carbocycles. The normalized spacial score (nSPS) is 43.2. The van der Waals surface area contributed by atoms with Crippen molar-refractivity contribution in [1.82, 2.24) is 9.78 Å². The van der Waals surface area contributed by atoms with Crippen LogP contribution in [0, 0.1) is 63.6 Å². The summed E-state index contributed by atoms with van der Waals surface area (Å²) in [6.07, 6.45) is 14.5. The Balaban J connectivity index is 1.29. The van der Waals surface area contributed by atoms with Gasteiger partial charge in [-0.2, -0.15) is 10.4 Å². The SMILES string of the molecule is CCOCC1CCC2(C)C(CCC3C2CCC2(C)C3CCC2[C@H](C)Cn2nccc2C#N)C1. The first kappa shape index (κ1) is 23.4. The molecule has 0 saturated heterocycles. The van der Waals surface area contributed by atoms with E-state index < -0.39 is 0 Å². The van der Waals surface area contributed by atoms with Crippen LogP contribution in [-0.4, -0.2) is 23.0 Å². The smallest absolute Gasteiger partial charge is 0.138 e. The molecule has 0 aromatic carbocycles. The van der Waals surface area contributed by atoms with Gasteiger partial charge in [0.2, 0.25) is 0 Å². The van der Waals surface area contributed by atoms with E-state index in [2.05, 4.69) is 38.9 Å². The van der Waals surface area contributed by atoms with Crippen LogP contribution in [0.15, 0.2) is 12.3 Å². The van der Waals surface area contributed by atoms with Crippen molar-refractivity contribution in [3.8, 4) is 6.07 Å². The summed E-state index contributed by atoms with van der Waals surface area (Å²) in [4.78, 5) is 0. The minimum absolute atomic E-state index is 0.468. The molecule has 4 heteroatoms. The Bertz CT molecular complexity index is 872. The molecule has 4 saturated carbocycles. The maximum absolute atomic E-state index is 9.41. The quantitative estimate of drug-likeness (QED) is 0.483. The van der Waals surface area contributed by atoms with Crippen LogP contribution in [0.4, 0.5) is 0 Å². The van der Waals surface area contributed by atoms with E-state index >= 15 is 0 Å². The van der Waals surface area contributed by atoms with Gasteiger partial charge in [0.05, 0.1) is 6.20 Å². The standard InChI is InChI=1S/C29H45N3O/c1-5-33-19-21-10-13-28(3)22(16-21)6-7-24-26-9-8-25(29(26,4)14-11-27(24)28)20(2)18-32-23(17-30)12-15-31-32/h12,15,20-22,24-27H,5-11,13-14,16,18-19H2,1-4H3/t20-,21?,22?,24?,25?,26?,27?,28?,29?/m1/s1. The Hall–Kier alpha value is -1.34. The molecule has 182 valence electrons. The average molecular weight is 452 g/mol. The van der Waals surface area contributed by atoms with Gasteiger partial charge in [-0.1, -0.05) is 20.8 Å². The summed E-state index contributed by atoms with van der Waals surface area (Å²) in [6, 6.07) is 4.16. The Kier molecular flexibility index (Phi) is 6.40. The van der Waals surface area contributed by atoms with Crippen LogP contribution in [0.5, 0.6) is 0 Å². The molecule has 0 aliphatic heterocycles. The highest BCUT2D eigenvalue weighted by Crippen LogP contribution is 2.68. The Morgan fingerprint density at radius 3 is 2.70 bits per heavy atom. The Morgan fingerprint density at radius 2 is 1.91 bits per heavy atom. The van der Waals surface area contributed by atoms with Crippen LogP contribution in [0.25, 0.3) is 0 Å². The van der Waals surface area contributed by atoms with Gasteiger partial charge in [0.1, 0.15) is 11.8 Å². The van der Waals surface area contributed by atoms with Crippen molar-refractivity contribution in [1.29, 1.82) is 5.26 Å². The van der Waals surface area contributed by atoms with E-state index in [1.165, 1.54) is 57.8 Å². The third-order valence-corrected chi connectivity index (χ3v) is 11.4. The van der Waals surface area contributed by atoms with E-state index in [4.69, 9.17) is 4.74 Å². The topological polar surface area (TPSA) is 50.8 Å². The Morgan fingerprint density at radius 1 is 1.12 bits per heavy atom. The predicted octanol–water partition coefficient (Wildman–Crippen LogP) is 6.70. The number of hydrogen-bond donors (Lipinski definition) is 0. The van der Waals surface area contributed by atoms with Gasteiger partial charge in [0, 0.05) is 19.8 Å². The van der Waals surface area contributed by atoms with E-state index in [0.717, 1.165) is 55.3 Å². The van der Waals surface area contributed by atoms with E-state index in [0.29, 0.717) is 22.4 Å². The van der Waals surface area contributed by atoms with E-state index in [1.807, 2.05) is 10.7 Å². The second-order valence-electron chi connectivity index (χ2n) is 12.7. The first-order chi connectivity index (χ1) is 15.9. The molecule has 5 rings (SSSR count). The molecule has 1 heterocycles. The number of nitriles is 1. The molecular weight excluding hydrogens is 406 g/mol. The molecule has 1 aromatic heterocycles. The van der Waals surface area contributed by atoms with Crippen LogP contribution >= 0.6 is 0 Å². The molecule has 0 spiro atoms. The summed E-state index contributed by atoms with van der Waals surface area (Å²) < 4.78 is 7.77. The lowest BCUT2D eigenvalue weighted by atomic mass is 9.44. The van der Waals surface area contributed by atoms with E-state index in [-0.39, 0.29) is 0 Å². The average Bonchev–Trinajstić information content (AvgIpc) is 3.40. The van der Waals surface area contributed by atoms with Crippen LogP contribution in [0.1, 0.15) is 91.2 Å². The third kappa shape index (κ3) is 3.87. The van der Waals surface area contributed by atoms with Crippen molar-refractivity contribution < 1.29 is 4.74 Å². The highest BCUT2D eigenvalue weighted by molar-refractivity contribution is 5.18. The molecule has 0 bridgehead atoms. The summed E-state index contributed by atoms with van der Waals surface area (Å²) in [5, 5.41) is 13.9. The molecule has 0 amide bonds. The number of nitrogens with zero attached hydrogens (tertiary/aromatic N) is 3. The zero-order valence-corrected chi connectivity index (χ0v) is 21.4. The number of rotatable bonds is 6. The highest BCUT2D eigenvalue weighted by Gasteiger charge is 2.60. The van der Waals surface area contributed by atoms with Gasteiger partial charge in [-0.15, -0.1) is 0 Å². The summed E-state index contributed by atoms with van der Waals surface area (Å²) in [5.41, 5.74) is 1.74. The molecule has 0 radical (unpaired) electrons. The van der Waals surface area contributed by atoms with Crippen molar-refractivity contribution in [2.24, 2.45) is 52.3 Å². The molecule has 9 atom stereocenters. The fourth-order valence-corrected chi connectivity index (χ4v) is 9.73. The van der Waals surface area contributed by atoms with Crippen molar-refractivity contribution >= 4 is 0 Å². The third-order valence-electron chi connectivity index (χ3n) is 11.4. The monoisotopic (exact) mass is 451 g/mol. The summed E-state index contributed by atoms with van der Waals surface area (Å²) in [6.45, 7) is 12.6. The number of ether oxygens (including phenoxy) is 1. The fraction of sp³-hybridized carbons (Fsp3) is 0.862. The van der Waals surface area contributed by atoms with Crippen molar-refractivity contribution in [3.63, 3.8) is 0 Å². The lowest BCUT2D eigenvalue weighted by molar-refractivity contribution is -0.125. The minimum atomic E-state index is 0.468. The zero-order valence-electron chi connectivity index (χ0n) is 21.4. The molecule has 8 unspecified atom stereocenters. The fourth-order valence-electron chi connectivity index (χ4n) is 9.73. The van der Waals surface area contributed by atoms with Crippen LogP contribution in [-0.2, 0) is 11.3 Å². The van der Waals surface area contributed by atoms with Gasteiger partial charge in [-0.05, 0) is 123 Å². The second-order valence-corrected chi connectivity index (χ2v) is 12.7. The lowest BCUT2D eigenvalue weighted by Crippen LogP contribution is -2.54. The van der Waals surface area contributed by atoms with Gasteiger partial charge in [0.25, 0.3) is 0 Å². The van der Waals surface area contributed by atoms with E-state index in [1.54, 1.807) is 6.20 Å². The van der Waals surface area contributed by atoms with E-state index in [9.17, 15) is 5.26 Å². The molecule has 1 aromatic rings. The molecule has 33 heavy (non-hydrogen) atoms. The van der Waals surface area contributed by atoms with Crippen molar-refractivity contribution in [2.45, 2.75) is 92.0 Å². The second kappa shape index (κ2) is 9.03. The molecule has 4 fully saturated rings. The molecular formula is C29H45N3O.